The minimum atomic E-state index is -0.0249. The van der Waals surface area contributed by atoms with Gasteiger partial charge in [0.15, 0.2) is 0 Å². The third-order valence-corrected chi connectivity index (χ3v) is 6.00. The molecule has 0 saturated heterocycles. The molecule has 1 aromatic carbocycles. The number of aromatic nitrogens is 1. The average Bonchev–Trinajstić information content (AvgIpc) is 3.27. The molecule has 0 aliphatic heterocycles. The first-order chi connectivity index (χ1) is 12.5. The van der Waals surface area contributed by atoms with Gasteiger partial charge in [-0.1, -0.05) is 29.8 Å². The lowest BCUT2D eigenvalue weighted by Crippen LogP contribution is -2.35. The predicted molar refractivity (Wildman–Crippen MR) is 110 cm³/mol. The zero-order valence-electron chi connectivity index (χ0n) is 14.6. The molecule has 0 bridgehead atoms. The lowest BCUT2D eigenvalue weighted by atomic mass is 10.1. The highest BCUT2D eigenvalue weighted by atomic mass is 35.5. The molecule has 0 aliphatic carbocycles. The summed E-state index contributed by atoms with van der Waals surface area (Å²) in [6.07, 6.45) is 0.269. The van der Waals surface area contributed by atoms with Gasteiger partial charge >= 0.3 is 0 Å². The Morgan fingerprint density at radius 1 is 1.27 bits per heavy atom. The molecule has 2 aromatic heterocycles. The number of nitrogens with one attached hydrogen (secondary N) is 1. The van der Waals surface area contributed by atoms with E-state index in [-0.39, 0.29) is 18.4 Å². The number of hydrogen-bond acceptors (Lipinski definition) is 5. The van der Waals surface area contributed by atoms with Crippen LogP contribution in [0.3, 0.4) is 0 Å². The third kappa shape index (κ3) is 4.71. The van der Waals surface area contributed by atoms with Crippen LogP contribution >= 0.6 is 34.3 Å². The molecule has 1 unspecified atom stereocenters. The van der Waals surface area contributed by atoms with Crippen molar-refractivity contribution in [3.8, 4) is 10.6 Å². The van der Waals surface area contributed by atoms with Gasteiger partial charge in [-0.15, -0.1) is 11.3 Å². The largest absolute Gasteiger partial charge is 0.354 e. The summed E-state index contributed by atoms with van der Waals surface area (Å²) in [5, 5.41) is 10.6. The summed E-state index contributed by atoms with van der Waals surface area (Å²) < 4.78 is 0. The van der Waals surface area contributed by atoms with Crippen LogP contribution in [0.5, 0.6) is 0 Å². The Balaban J connectivity index is 1.59. The van der Waals surface area contributed by atoms with Gasteiger partial charge in [0.25, 0.3) is 0 Å². The smallest absolute Gasteiger partial charge is 0.226 e. The molecule has 3 aromatic rings. The number of benzene rings is 1. The number of amides is 1. The lowest BCUT2D eigenvalue weighted by Gasteiger charge is -2.23. The highest BCUT2D eigenvalue weighted by Gasteiger charge is 2.16. The maximum atomic E-state index is 12.3. The SMILES string of the molecule is CN(C)C(CNC(=O)Cc1csc(-c2ccccc2Cl)n1)c1ccsc1. The van der Waals surface area contributed by atoms with E-state index in [1.54, 1.807) is 11.3 Å². The molecule has 7 heteroatoms. The molecule has 136 valence electrons. The number of carbonyl (C=O) groups excluding carboxylic acids is 1. The number of halogens is 1. The van der Waals surface area contributed by atoms with E-state index in [0.29, 0.717) is 11.6 Å². The normalized spacial score (nSPS) is 12.3. The predicted octanol–water partition coefficient (Wildman–Crippen LogP) is 4.49. The van der Waals surface area contributed by atoms with E-state index in [0.717, 1.165) is 16.3 Å². The van der Waals surface area contributed by atoms with Crippen LogP contribution in [0.25, 0.3) is 10.6 Å². The number of thiophene rings is 1. The Bertz CT molecular complexity index is 861. The van der Waals surface area contributed by atoms with Gasteiger partial charge in [-0.3, -0.25) is 4.79 Å². The van der Waals surface area contributed by atoms with Gasteiger partial charge in [-0.2, -0.15) is 11.3 Å². The van der Waals surface area contributed by atoms with Gasteiger partial charge in [0.1, 0.15) is 5.01 Å². The van der Waals surface area contributed by atoms with Crippen molar-refractivity contribution in [1.29, 1.82) is 0 Å². The number of rotatable bonds is 7. The topological polar surface area (TPSA) is 45.2 Å². The minimum absolute atomic E-state index is 0.0249. The van der Waals surface area contributed by atoms with Crippen LogP contribution in [0.2, 0.25) is 5.02 Å². The zero-order valence-corrected chi connectivity index (χ0v) is 17.0. The van der Waals surface area contributed by atoms with Crippen molar-refractivity contribution in [2.24, 2.45) is 0 Å². The molecule has 3 rings (SSSR count). The molecule has 2 heterocycles. The molecular formula is C19H20ClN3OS2. The molecule has 0 aliphatic rings. The van der Waals surface area contributed by atoms with E-state index >= 15 is 0 Å². The first-order valence-corrected chi connectivity index (χ1v) is 10.4. The monoisotopic (exact) mass is 405 g/mol. The molecular weight excluding hydrogens is 386 g/mol. The van der Waals surface area contributed by atoms with E-state index in [4.69, 9.17) is 11.6 Å². The zero-order chi connectivity index (χ0) is 18.5. The van der Waals surface area contributed by atoms with Crippen LogP contribution < -0.4 is 5.32 Å². The Morgan fingerprint density at radius 3 is 2.77 bits per heavy atom. The number of nitrogens with zero attached hydrogens (tertiary/aromatic N) is 2. The van der Waals surface area contributed by atoms with Gasteiger partial charge in [-0.05, 0) is 42.6 Å². The molecule has 0 saturated carbocycles. The van der Waals surface area contributed by atoms with Crippen LogP contribution in [-0.2, 0) is 11.2 Å². The summed E-state index contributed by atoms with van der Waals surface area (Å²) in [6.45, 7) is 0.573. The van der Waals surface area contributed by atoms with E-state index in [9.17, 15) is 4.79 Å². The summed E-state index contributed by atoms with van der Waals surface area (Å²) in [7, 11) is 4.04. The average molecular weight is 406 g/mol. The molecule has 1 amide bonds. The van der Waals surface area contributed by atoms with Gasteiger partial charge in [0, 0.05) is 17.5 Å². The van der Waals surface area contributed by atoms with Crippen molar-refractivity contribution < 1.29 is 4.79 Å². The highest BCUT2D eigenvalue weighted by molar-refractivity contribution is 7.13. The molecule has 0 radical (unpaired) electrons. The first kappa shape index (κ1) is 19.0. The van der Waals surface area contributed by atoms with Crippen molar-refractivity contribution in [2.45, 2.75) is 12.5 Å². The fourth-order valence-electron chi connectivity index (χ4n) is 2.65. The van der Waals surface area contributed by atoms with E-state index < -0.39 is 0 Å². The van der Waals surface area contributed by atoms with Gasteiger partial charge in [0.05, 0.1) is 23.2 Å². The molecule has 0 spiro atoms. The summed E-state index contributed by atoms with van der Waals surface area (Å²) in [5.74, 6) is -0.0249. The molecule has 1 N–H and O–H groups in total. The van der Waals surface area contributed by atoms with E-state index in [1.165, 1.54) is 16.9 Å². The third-order valence-electron chi connectivity index (χ3n) is 4.04. The fraction of sp³-hybridized carbons (Fsp3) is 0.263. The van der Waals surface area contributed by atoms with Crippen LogP contribution in [0.1, 0.15) is 17.3 Å². The maximum Gasteiger partial charge on any atom is 0.226 e. The van der Waals surface area contributed by atoms with E-state index in [1.807, 2.05) is 43.7 Å². The van der Waals surface area contributed by atoms with Crippen molar-refractivity contribution in [3.63, 3.8) is 0 Å². The summed E-state index contributed by atoms with van der Waals surface area (Å²) in [5.41, 5.74) is 2.88. The quantitative estimate of drug-likeness (QED) is 0.630. The lowest BCUT2D eigenvalue weighted by molar-refractivity contribution is -0.120. The standard InChI is InChI=1S/C19H20ClN3OS2/c1-23(2)17(13-7-8-25-11-13)10-21-18(24)9-14-12-26-19(22-14)15-5-3-4-6-16(15)20/h3-8,11-12,17H,9-10H2,1-2H3,(H,21,24). The second-order valence-electron chi connectivity index (χ2n) is 6.14. The highest BCUT2D eigenvalue weighted by Crippen LogP contribution is 2.30. The Kier molecular flexibility index (Phi) is 6.43. The van der Waals surface area contributed by atoms with Crippen LogP contribution in [0.4, 0.5) is 0 Å². The molecule has 1 atom stereocenters. The Hall–Kier alpha value is -1.73. The minimum Gasteiger partial charge on any atom is -0.354 e. The van der Waals surface area contributed by atoms with Gasteiger partial charge < -0.3 is 10.2 Å². The van der Waals surface area contributed by atoms with E-state index in [2.05, 4.69) is 32.0 Å². The van der Waals surface area contributed by atoms with Crippen LogP contribution in [0, 0.1) is 0 Å². The molecule has 0 fully saturated rings. The summed E-state index contributed by atoms with van der Waals surface area (Å²) >= 11 is 9.39. The Labute approximate surface area is 166 Å². The number of thiazole rings is 1. The maximum absolute atomic E-state index is 12.3. The van der Waals surface area contributed by atoms with Gasteiger partial charge in [0.2, 0.25) is 5.91 Å². The fourth-order valence-corrected chi connectivity index (χ4v) is 4.49. The number of hydrogen-bond donors (Lipinski definition) is 1. The Morgan fingerprint density at radius 2 is 2.08 bits per heavy atom. The second kappa shape index (κ2) is 8.77. The van der Waals surface area contributed by atoms with Crippen LogP contribution in [0.15, 0.2) is 46.5 Å². The number of likely N-dealkylation sites (N-methyl/N-ethyl adjacent to an activating group) is 1. The summed E-state index contributed by atoms with van der Waals surface area (Å²) in [4.78, 5) is 19.0. The van der Waals surface area contributed by atoms with Crippen molar-refractivity contribution >= 4 is 40.2 Å². The molecule has 26 heavy (non-hydrogen) atoms. The second-order valence-corrected chi connectivity index (χ2v) is 8.19. The van der Waals surface area contributed by atoms with Crippen molar-refractivity contribution in [2.75, 3.05) is 20.6 Å². The van der Waals surface area contributed by atoms with Crippen LogP contribution in [-0.4, -0.2) is 36.4 Å². The van der Waals surface area contributed by atoms with Gasteiger partial charge in [-0.25, -0.2) is 4.98 Å². The van der Waals surface area contributed by atoms with Crippen molar-refractivity contribution in [1.82, 2.24) is 15.2 Å². The van der Waals surface area contributed by atoms with Crippen molar-refractivity contribution in [3.05, 3.63) is 62.8 Å². The molecule has 4 nitrogen and oxygen atoms in total. The number of carbonyl (C=O) groups is 1. The summed E-state index contributed by atoms with van der Waals surface area (Å²) in [6, 6.07) is 9.87. The first-order valence-electron chi connectivity index (χ1n) is 8.19.